The molecule has 0 fully saturated rings. The van der Waals surface area contributed by atoms with Gasteiger partial charge in [-0.3, -0.25) is 4.79 Å². The van der Waals surface area contributed by atoms with Crippen LogP contribution in [0.15, 0.2) is 36.4 Å². The average Bonchev–Trinajstić information content (AvgIpc) is 2.37. The van der Waals surface area contributed by atoms with Crippen molar-refractivity contribution < 1.29 is 18.3 Å². The monoisotopic (exact) mass is 265 g/mol. The van der Waals surface area contributed by atoms with E-state index in [1.165, 1.54) is 0 Å². The Morgan fingerprint density at radius 1 is 1.21 bits per heavy atom. The number of carbonyl (C=O) groups excluding carboxylic acids is 1. The fraction of sp³-hybridized carbons (Fsp3) is 0.214. The Kier molecular flexibility index (Phi) is 3.94. The van der Waals surface area contributed by atoms with Gasteiger partial charge in [0.2, 0.25) is 12.3 Å². The largest absolute Gasteiger partial charge is 0.497 e. The molecule has 3 nitrogen and oxygen atoms in total. The molecule has 1 N–H and O–H groups in total. The molecular formula is C14H13F2NO2. The summed E-state index contributed by atoms with van der Waals surface area (Å²) in [5, 5.41) is 4.29. The number of ether oxygens (including phenoxy) is 1. The number of carbonyl (C=O) groups is 1. The van der Waals surface area contributed by atoms with Crippen LogP contribution in [0.2, 0.25) is 0 Å². The van der Waals surface area contributed by atoms with Crippen molar-refractivity contribution >= 4 is 22.4 Å². The third kappa shape index (κ3) is 3.40. The van der Waals surface area contributed by atoms with E-state index in [1.54, 1.807) is 31.4 Å². The lowest BCUT2D eigenvalue weighted by Crippen LogP contribution is -2.14. The van der Waals surface area contributed by atoms with Crippen LogP contribution in [-0.2, 0) is 4.79 Å². The lowest BCUT2D eigenvalue weighted by atomic mass is 10.1. The zero-order valence-electron chi connectivity index (χ0n) is 10.3. The van der Waals surface area contributed by atoms with Crippen molar-refractivity contribution in [1.29, 1.82) is 0 Å². The van der Waals surface area contributed by atoms with E-state index < -0.39 is 18.8 Å². The zero-order chi connectivity index (χ0) is 13.8. The molecule has 0 aliphatic heterocycles. The molecule has 2 rings (SSSR count). The van der Waals surface area contributed by atoms with Gasteiger partial charge in [-0.2, -0.15) is 0 Å². The lowest BCUT2D eigenvalue weighted by molar-refractivity contribution is -0.118. The van der Waals surface area contributed by atoms with Crippen molar-refractivity contribution in [3.63, 3.8) is 0 Å². The van der Waals surface area contributed by atoms with Gasteiger partial charge in [-0.05, 0) is 35.0 Å². The SMILES string of the molecule is COc1ccc2cc(NC(=O)CC(F)F)ccc2c1. The molecule has 0 aliphatic carbocycles. The van der Waals surface area contributed by atoms with E-state index in [0.29, 0.717) is 5.69 Å². The maximum Gasteiger partial charge on any atom is 0.247 e. The summed E-state index contributed by atoms with van der Waals surface area (Å²) in [7, 11) is 1.58. The Bertz CT molecular complexity index is 599. The maximum atomic E-state index is 12.0. The zero-order valence-corrected chi connectivity index (χ0v) is 10.3. The Morgan fingerprint density at radius 2 is 1.89 bits per heavy atom. The second kappa shape index (κ2) is 5.65. The number of benzene rings is 2. The van der Waals surface area contributed by atoms with Crippen molar-refractivity contribution in [3.05, 3.63) is 36.4 Å². The number of alkyl halides is 2. The van der Waals surface area contributed by atoms with Gasteiger partial charge in [0.05, 0.1) is 13.5 Å². The summed E-state index contributed by atoms with van der Waals surface area (Å²) < 4.78 is 29.2. The standard InChI is InChI=1S/C14H13F2NO2/c1-19-12-5-3-9-6-11(4-2-10(9)7-12)17-14(18)8-13(15)16/h2-7,13H,8H2,1H3,(H,17,18). The van der Waals surface area contributed by atoms with E-state index >= 15 is 0 Å². The highest BCUT2D eigenvalue weighted by molar-refractivity contribution is 5.94. The molecule has 2 aromatic rings. The third-order valence-corrected chi connectivity index (χ3v) is 2.67. The van der Waals surface area contributed by atoms with Gasteiger partial charge in [-0.1, -0.05) is 12.1 Å². The number of hydrogen-bond acceptors (Lipinski definition) is 2. The molecule has 0 atom stereocenters. The van der Waals surface area contributed by atoms with Crippen LogP contribution < -0.4 is 10.1 Å². The molecule has 5 heteroatoms. The van der Waals surface area contributed by atoms with Crippen LogP contribution in [-0.4, -0.2) is 19.4 Å². The number of amides is 1. The number of methoxy groups -OCH3 is 1. The van der Waals surface area contributed by atoms with Crippen molar-refractivity contribution in [2.24, 2.45) is 0 Å². The number of rotatable bonds is 4. The first-order chi connectivity index (χ1) is 9.08. The number of hydrogen-bond donors (Lipinski definition) is 1. The predicted octanol–water partition coefficient (Wildman–Crippen LogP) is 3.44. The molecule has 0 saturated heterocycles. The van der Waals surface area contributed by atoms with Gasteiger partial charge < -0.3 is 10.1 Å². The minimum atomic E-state index is -2.63. The predicted molar refractivity (Wildman–Crippen MR) is 69.8 cm³/mol. The maximum absolute atomic E-state index is 12.0. The molecule has 100 valence electrons. The summed E-state index contributed by atoms with van der Waals surface area (Å²) in [5.74, 6) is 0.0462. The molecule has 1 amide bonds. The van der Waals surface area contributed by atoms with Crippen LogP contribution in [0.25, 0.3) is 10.8 Å². The van der Waals surface area contributed by atoms with Gasteiger partial charge in [0.1, 0.15) is 5.75 Å². The molecular weight excluding hydrogens is 252 g/mol. The molecule has 19 heavy (non-hydrogen) atoms. The Morgan fingerprint density at radius 3 is 2.58 bits per heavy atom. The quantitative estimate of drug-likeness (QED) is 0.919. The number of anilines is 1. The molecule has 0 saturated carbocycles. The summed E-state index contributed by atoms with van der Waals surface area (Å²) in [6, 6.07) is 10.7. The topological polar surface area (TPSA) is 38.3 Å². The number of fused-ring (bicyclic) bond motifs is 1. The Balaban J connectivity index is 2.20. The second-order valence-corrected chi connectivity index (χ2v) is 4.07. The number of nitrogens with one attached hydrogen (secondary N) is 1. The van der Waals surface area contributed by atoms with Crippen LogP contribution in [0, 0.1) is 0 Å². The molecule has 0 aromatic heterocycles. The second-order valence-electron chi connectivity index (χ2n) is 4.07. The van der Waals surface area contributed by atoms with Gasteiger partial charge in [-0.15, -0.1) is 0 Å². The first-order valence-corrected chi connectivity index (χ1v) is 5.74. The highest BCUT2D eigenvalue weighted by Crippen LogP contribution is 2.23. The van der Waals surface area contributed by atoms with Gasteiger partial charge in [0.25, 0.3) is 0 Å². The van der Waals surface area contributed by atoms with Gasteiger partial charge >= 0.3 is 0 Å². The minimum absolute atomic E-state index is 0.503. The first-order valence-electron chi connectivity index (χ1n) is 5.74. The smallest absolute Gasteiger partial charge is 0.247 e. The van der Waals surface area contributed by atoms with Crippen molar-refractivity contribution in [1.82, 2.24) is 0 Å². The fourth-order valence-corrected chi connectivity index (χ4v) is 1.78. The first kappa shape index (κ1) is 13.3. The van der Waals surface area contributed by atoms with Crippen LogP contribution in [0.4, 0.5) is 14.5 Å². The van der Waals surface area contributed by atoms with E-state index in [0.717, 1.165) is 16.5 Å². The van der Waals surface area contributed by atoms with Crippen molar-refractivity contribution in [2.45, 2.75) is 12.8 Å². The summed E-state index contributed by atoms with van der Waals surface area (Å²) in [4.78, 5) is 11.2. The molecule has 2 aromatic carbocycles. The van der Waals surface area contributed by atoms with Gasteiger partial charge in [0.15, 0.2) is 0 Å². The van der Waals surface area contributed by atoms with E-state index in [1.807, 2.05) is 12.1 Å². The van der Waals surface area contributed by atoms with E-state index in [2.05, 4.69) is 5.32 Å². The highest BCUT2D eigenvalue weighted by Gasteiger charge is 2.10. The van der Waals surface area contributed by atoms with Gasteiger partial charge in [-0.25, -0.2) is 8.78 Å². The van der Waals surface area contributed by atoms with Crippen molar-refractivity contribution in [3.8, 4) is 5.75 Å². The summed E-state index contributed by atoms with van der Waals surface area (Å²) >= 11 is 0. The summed E-state index contributed by atoms with van der Waals surface area (Å²) in [6.07, 6.45) is -3.43. The minimum Gasteiger partial charge on any atom is -0.497 e. The van der Waals surface area contributed by atoms with Crippen LogP contribution in [0.3, 0.4) is 0 Å². The third-order valence-electron chi connectivity index (χ3n) is 2.67. The fourth-order valence-electron chi connectivity index (χ4n) is 1.78. The van der Waals surface area contributed by atoms with Gasteiger partial charge in [0, 0.05) is 5.69 Å². The molecule has 0 radical (unpaired) electrons. The molecule has 0 unspecified atom stereocenters. The lowest BCUT2D eigenvalue weighted by Gasteiger charge is -2.07. The molecule has 0 aliphatic rings. The van der Waals surface area contributed by atoms with E-state index in [9.17, 15) is 13.6 Å². The van der Waals surface area contributed by atoms with Crippen LogP contribution in [0.1, 0.15) is 6.42 Å². The van der Waals surface area contributed by atoms with Crippen molar-refractivity contribution in [2.75, 3.05) is 12.4 Å². The number of halogens is 2. The molecule has 0 heterocycles. The molecule has 0 spiro atoms. The Labute approximate surface area is 109 Å². The molecule has 0 bridgehead atoms. The van der Waals surface area contributed by atoms with E-state index in [4.69, 9.17) is 4.74 Å². The van der Waals surface area contributed by atoms with Crippen LogP contribution in [0.5, 0.6) is 5.75 Å². The van der Waals surface area contributed by atoms with Crippen LogP contribution >= 0.6 is 0 Å². The van der Waals surface area contributed by atoms with E-state index in [-0.39, 0.29) is 0 Å². The highest BCUT2D eigenvalue weighted by atomic mass is 19.3. The average molecular weight is 265 g/mol. The summed E-state index contributed by atoms with van der Waals surface area (Å²) in [6.45, 7) is 0. The Hall–Kier alpha value is -2.17. The summed E-state index contributed by atoms with van der Waals surface area (Å²) in [5.41, 5.74) is 0.503. The normalized spacial score (nSPS) is 10.7.